The van der Waals surface area contributed by atoms with Gasteiger partial charge >= 0.3 is 0 Å². The largest absolute Gasteiger partial charge is 0.409 e. The molecule has 1 aromatic carbocycles. The summed E-state index contributed by atoms with van der Waals surface area (Å²) in [7, 11) is 1.85. The molecule has 98 valence electrons. The highest BCUT2D eigenvalue weighted by Gasteiger charge is 2.13. The van der Waals surface area contributed by atoms with Crippen LogP contribution >= 0.6 is 0 Å². The summed E-state index contributed by atoms with van der Waals surface area (Å²) in [4.78, 5) is 1.84. The van der Waals surface area contributed by atoms with Crippen LogP contribution in [-0.4, -0.2) is 28.3 Å². The standard InChI is InChI=1S/C13H15N5O/c1-9-7-12(16-15-8-9)18(2)11-6-4-3-5-10(11)13(14)17-19/h3-8,19H,1-2H3,(H2,14,17). The summed E-state index contributed by atoms with van der Waals surface area (Å²) >= 11 is 0. The number of rotatable bonds is 3. The van der Waals surface area contributed by atoms with Crippen LogP contribution in [0, 0.1) is 6.92 Å². The van der Waals surface area contributed by atoms with Crippen molar-refractivity contribution >= 4 is 17.3 Å². The minimum absolute atomic E-state index is 0.0584. The van der Waals surface area contributed by atoms with Crippen molar-refractivity contribution < 1.29 is 5.21 Å². The minimum atomic E-state index is 0.0584. The van der Waals surface area contributed by atoms with Gasteiger partial charge in [-0.3, -0.25) is 0 Å². The van der Waals surface area contributed by atoms with Gasteiger partial charge in [-0.1, -0.05) is 17.3 Å². The fourth-order valence-electron chi connectivity index (χ4n) is 1.77. The zero-order chi connectivity index (χ0) is 13.8. The number of oxime groups is 1. The van der Waals surface area contributed by atoms with Gasteiger partial charge < -0.3 is 15.8 Å². The third kappa shape index (κ3) is 2.62. The first-order chi connectivity index (χ1) is 9.13. The van der Waals surface area contributed by atoms with Crippen molar-refractivity contribution in [1.29, 1.82) is 0 Å². The van der Waals surface area contributed by atoms with Crippen molar-refractivity contribution in [3.8, 4) is 0 Å². The average molecular weight is 257 g/mol. The average Bonchev–Trinajstić information content (AvgIpc) is 2.45. The van der Waals surface area contributed by atoms with Gasteiger partial charge in [0.15, 0.2) is 11.7 Å². The summed E-state index contributed by atoms with van der Waals surface area (Å²) in [5.74, 6) is 0.751. The molecular formula is C13H15N5O. The predicted octanol–water partition coefficient (Wildman–Crippen LogP) is 1.65. The number of hydrogen-bond donors (Lipinski definition) is 2. The quantitative estimate of drug-likeness (QED) is 0.378. The fraction of sp³-hybridized carbons (Fsp3) is 0.154. The van der Waals surface area contributed by atoms with E-state index < -0.39 is 0 Å². The summed E-state index contributed by atoms with van der Waals surface area (Å²) in [6, 6.07) is 9.27. The Morgan fingerprint density at radius 3 is 2.79 bits per heavy atom. The van der Waals surface area contributed by atoms with E-state index in [2.05, 4.69) is 15.4 Å². The number of anilines is 2. The highest BCUT2D eigenvalue weighted by Crippen LogP contribution is 2.25. The maximum absolute atomic E-state index is 8.83. The molecule has 0 aliphatic rings. The Balaban J connectivity index is 2.47. The SMILES string of the molecule is Cc1cnnc(N(C)c2ccccc2/C(N)=N/O)c1. The zero-order valence-corrected chi connectivity index (χ0v) is 10.8. The molecule has 0 aliphatic carbocycles. The van der Waals surface area contributed by atoms with Crippen LogP contribution in [0.2, 0.25) is 0 Å². The van der Waals surface area contributed by atoms with Gasteiger partial charge in [0.2, 0.25) is 0 Å². The Morgan fingerprint density at radius 2 is 2.11 bits per heavy atom. The lowest BCUT2D eigenvalue weighted by Gasteiger charge is -2.20. The Labute approximate surface area is 111 Å². The smallest absolute Gasteiger partial charge is 0.172 e. The molecular weight excluding hydrogens is 242 g/mol. The van der Waals surface area contributed by atoms with E-state index in [-0.39, 0.29) is 5.84 Å². The number of hydrogen-bond acceptors (Lipinski definition) is 5. The van der Waals surface area contributed by atoms with Gasteiger partial charge in [0.25, 0.3) is 0 Å². The van der Waals surface area contributed by atoms with Crippen LogP contribution in [0.5, 0.6) is 0 Å². The molecule has 1 heterocycles. The van der Waals surface area contributed by atoms with E-state index in [4.69, 9.17) is 10.9 Å². The first kappa shape index (κ1) is 12.8. The van der Waals surface area contributed by atoms with E-state index in [1.165, 1.54) is 0 Å². The zero-order valence-electron chi connectivity index (χ0n) is 10.8. The second kappa shape index (κ2) is 5.34. The van der Waals surface area contributed by atoms with Crippen LogP contribution in [0.1, 0.15) is 11.1 Å². The lowest BCUT2D eigenvalue weighted by Crippen LogP contribution is -2.20. The second-order valence-corrected chi connectivity index (χ2v) is 4.15. The molecule has 0 saturated heterocycles. The Bertz CT molecular complexity index is 611. The lowest BCUT2D eigenvalue weighted by molar-refractivity contribution is 0.318. The van der Waals surface area contributed by atoms with E-state index in [0.717, 1.165) is 11.3 Å². The number of para-hydroxylation sites is 1. The number of nitrogens with zero attached hydrogens (tertiary/aromatic N) is 4. The van der Waals surface area contributed by atoms with E-state index in [9.17, 15) is 0 Å². The molecule has 0 spiro atoms. The maximum atomic E-state index is 8.83. The van der Waals surface area contributed by atoms with Crippen molar-refractivity contribution in [3.05, 3.63) is 47.7 Å². The predicted molar refractivity (Wildman–Crippen MR) is 73.8 cm³/mol. The lowest BCUT2D eigenvalue weighted by atomic mass is 10.1. The first-order valence-electron chi connectivity index (χ1n) is 5.73. The molecule has 2 aromatic rings. The van der Waals surface area contributed by atoms with Gasteiger partial charge in [-0.15, -0.1) is 5.10 Å². The molecule has 0 aliphatic heterocycles. The summed E-state index contributed by atoms with van der Waals surface area (Å²) < 4.78 is 0. The number of aromatic nitrogens is 2. The fourth-order valence-corrected chi connectivity index (χ4v) is 1.77. The molecule has 3 N–H and O–H groups in total. The molecule has 6 nitrogen and oxygen atoms in total. The van der Waals surface area contributed by atoms with Crippen molar-refractivity contribution in [2.75, 3.05) is 11.9 Å². The first-order valence-corrected chi connectivity index (χ1v) is 5.73. The van der Waals surface area contributed by atoms with Crippen molar-refractivity contribution in [2.24, 2.45) is 10.9 Å². The van der Waals surface area contributed by atoms with Crippen LogP contribution in [0.4, 0.5) is 11.5 Å². The molecule has 19 heavy (non-hydrogen) atoms. The third-order valence-corrected chi connectivity index (χ3v) is 2.77. The third-order valence-electron chi connectivity index (χ3n) is 2.77. The highest BCUT2D eigenvalue weighted by molar-refractivity contribution is 6.02. The van der Waals surface area contributed by atoms with Gasteiger partial charge in [-0.25, -0.2) is 0 Å². The summed E-state index contributed by atoms with van der Waals surface area (Å²) in [6.45, 7) is 1.95. The molecule has 6 heteroatoms. The van der Waals surface area contributed by atoms with Crippen LogP contribution in [-0.2, 0) is 0 Å². The molecule has 0 unspecified atom stereocenters. The van der Waals surface area contributed by atoms with Gasteiger partial charge in [0.1, 0.15) is 0 Å². The maximum Gasteiger partial charge on any atom is 0.172 e. The molecule has 0 saturated carbocycles. The van der Waals surface area contributed by atoms with Crippen LogP contribution in [0.15, 0.2) is 41.7 Å². The van der Waals surface area contributed by atoms with Gasteiger partial charge in [0, 0.05) is 12.6 Å². The van der Waals surface area contributed by atoms with E-state index in [0.29, 0.717) is 11.4 Å². The molecule has 0 radical (unpaired) electrons. The topological polar surface area (TPSA) is 87.6 Å². The minimum Gasteiger partial charge on any atom is -0.409 e. The van der Waals surface area contributed by atoms with Crippen LogP contribution < -0.4 is 10.6 Å². The number of benzene rings is 1. The second-order valence-electron chi connectivity index (χ2n) is 4.15. The van der Waals surface area contributed by atoms with Gasteiger partial charge in [-0.2, -0.15) is 5.10 Å². The van der Waals surface area contributed by atoms with Crippen molar-refractivity contribution in [1.82, 2.24) is 10.2 Å². The van der Waals surface area contributed by atoms with Crippen LogP contribution in [0.3, 0.4) is 0 Å². The summed E-state index contributed by atoms with van der Waals surface area (Å²) in [6.07, 6.45) is 1.69. The van der Waals surface area contributed by atoms with E-state index in [1.807, 2.05) is 43.1 Å². The Kier molecular flexibility index (Phi) is 3.61. The monoisotopic (exact) mass is 257 g/mol. The number of amidine groups is 1. The molecule has 0 amide bonds. The Hall–Kier alpha value is -2.63. The van der Waals surface area contributed by atoms with Crippen LogP contribution in [0.25, 0.3) is 0 Å². The Morgan fingerprint density at radius 1 is 1.37 bits per heavy atom. The molecule has 0 atom stereocenters. The summed E-state index contributed by atoms with van der Waals surface area (Å²) in [5.41, 5.74) is 8.11. The number of aryl methyl sites for hydroxylation is 1. The molecule has 2 rings (SSSR count). The normalized spacial score (nSPS) is 11.4. The molecule has 0 bridgehead atoms. The molecule has 1 aromatic heterocycles. The van der Waals surface area contributed by atoms with E-state index in [1.54, 1.807) is 12.3 Å². The van der Waals surface area contributed by atoms with Gasteiger partial charge in [-0.05, 0) is 30.7 Å². The van der Waals surface area contributed by atoms with E-state index >= 15 is 0 Å². The number of nitrogens with two attached hydrogens (primary N) is 1. The van der Waals surface area contributed by atoms with Crippen molar-refractivity contribution in [3.63, 3.8) is 0 Å². The molecule has 0 fully saturated rings. The summed E-state index contributed by atoms with van der Waals surface area (Å²) in [5, 5.41) is 19.9. The van der Waals surface area contributed by atoms with Crippen molar-refractivity contribution in [2.45, 2.75) is 6.92 Å². The highest BCUT2D eigenvalue weighted by atomic mass is 16.4. The van der Waals surface area contributed by atoms with Gasteiger partial charge in [0.05, 0.1) is 11.9 Å².